The molecule has 0 aliphatic heterocycles. The summed E-state index contributed by atoms with van der Waals surface area (Å²) in [5.74, 6) is -5.14. The number of sulfone groups is 1. The van der Waals surface area contributed by atoms with E-state index in [1.165, 1.54) is 6.92 Å². The molecule has 8 nitrogen and oxygen atoms in total. The molecule has 2 aliphatic rings. The van der Waals surface area contributed by atoms with Crippen molar-refractivity contribution in [3.8, 4) is 0 Å². The molecule has 1 unspecified atom stereocenters. The Kier molecular flexibility index (Phi) is 8.75. The first kappa shape index (κ1) is 28.0. The molecule has 2 fully saturated rings. The number of carbonyl (C=O) groups excluding carboxylic acids is 3. The molecular weight excluding hydrogens is 506 g/mol. The van der Waals surface area contributed by atoms with Gasteiger partial charge in [-0.15, -0.1) is 0 Å². The highest BCUT2D eigenvalue weighted by Crippen LogP contribution is 2.34. The number of carbonyl (C=O) groups is 3. The Morgan fingerprint density at radius 2 is 1.64 bits per heavy atom. The first-order chi connectivity index (χ1) is 16.8. The highest BCUT2D eigenvalue weighted by Gasteiger charge is 2.44. The van der Waals surface area contributed by atoms with Crippen LogP contribution in [0.5, 0.6) is 0 Å². The van der Waals surface area contributed by atoms with Gasteiger partial charge in [-0.25, -0.2) is 12.8 Å². The zero-order valence-electron chi connectivity index (χ0n) is 19.6. The molecule has 2 saturated carbocycles. The summed E-state index contributed by atoms with van der Waals surface area (Å²) in [6.07, 6.45) is -2.21. The topological polar surface area (TPSA) is 121 Å². The molecule has 0 spiro atoms. The van der Waals surface area contributed by atoms with Crippen molar-refractivity contribution in [3.63, 3.8) is 0 Å². The fraction of sp³-hybridized carbons (Fsp3) is 0.609. The molecule has 0 heterocycles. The van der Waals surface area contributed by atoms with Gasteiger partial charge in [0, 0.05) is 6.04 Å². The summed E-state index contributed by atoms with van der Waals surface area (Å²) >= 11 is 0. The second-order valence-electron chi connectivity index (χ2n) is 9.35. The number of nitrogens with one attached hydrogen (secondary N) is 3. The van der Waals surface area contributed by atoms with Crippen molar-refractivity contribution in [2.45, 2.75) is 69.4 Å². The molecule has 36 heavy (non-hydrogen) atoms. The van der Waals surface area contributed by atoms with Crippen LogP contribution in [0, 0.1) is 11.7 Å². The summed E-state index contributed by atoms with van der Waals surface area (Å²) in [7, 11) is -3.94. The fourth-order valence-electron chi connectivity index (χ4n) is 3.67. The summed E-state index contributed by atoms with van der Waals surface area (Å²) < 4.78 is 80.4. The van der Waals surface area contributed by atoms with E-state index in [4.69, 9.17) is 0 Å². The predicted octanol–water partition coefficient (Wildman–Crippen LogP) is 1.95. The van der Waals surface area contributed by atoms with Crippen LogP contribution < -0.4 is 16.0 Å². The van der Waals surface area contributed by atoms with Crippen LogP contribution in [0.25, 0.3) is 0 Å². The molecule has 3 rings (SSSR count). The summed E-state index contributed by atoms with van der Waals surface area (Å²) in [6.45, 7) is 1.50. The minimum Gasteiger partial charge on any atom is -0.347 e. The Morgan fingerprint density at radius 3 is 2.14 bits per heavy atom. The minimum atomic E-state index is -4.96. The van der Waals surface area contributed by atoms with Crippen LogP contribution in [-0.2, 0) is 24.2 Å². The Balaban J connectivity index is 1.82. The van der Waals surface area contributed by atoms with Crippen molar-refractivity contribution in [1.82, 2.24) is 16.0 Å². The third-order valence-electron chi connectivity index (χ3n) is 6.00. The van der Waals surface area contributed by atoms with E-state index < -0.39 is 68.9 Å². The number of hydrogen-bond donors (Lipinski definition) is 3. The smallest absolute Gasteiger partial charge is 0.347 e. The Hall–Kier alpha value is -2.54. The molecule has 200 valence electrons. The summed E-state index contributed by atoms with van der Waals surface area (Å²) in [4.78, 5) is 37.7. The van der Waals surface area contributed by atoms with E-state index >= 15 is 0 Å². The number of ketones is 1. The monoisotopic (exact) mass is 535 g/mol. The first-order valence-corrected chi connectivity index (χ1v) is 13.5. The lowest BCUT2D eigenvalue weighted by atomic mass is 10.0. The Morgan fingerprint density at radius 1 is 1.03 bits per heavy atom. The molecule has 13 heteroatoms. The number of benzene rings is 1. The van der Waals surface area contributed by atoms with E-state index in [-0.39, 0.29) is 24.1 Å². The van der Waals surface area contributed by atoms with Crippen molar-refractivity contribution in [3.05, 3.63) is 35.6 Å². The van der Waals surface area contributed by atoms with Crippen LogP contribution in [-0.4, -0.2) is 61.8 Å². The van der Waals surface area contributed by atoms with Gasteiger partial charge in [-0.05, 0) is 55.7 Å². The third-order valence-corrected chi connectivity index (χ3v) is 7.82. The summed E-state index contributed by atoms with van der Waals surface area (Å²) in [5.41, 5.74) is -0.423. The zero-order valence-corrected chi connectivity index (χ0v) is 20.4. The van der Waals surface area contributed by atoms with Crippen molar-refractivity contribution in [2.75, 3.05) is 11.5 Å². The lowest BCUT2D eigenvalue weighted by Gasteiger charge is -2.28. The largest absolute Gasteiger partial charge is 0.407 e. The van der Waals surface area contributed by atoms with Crippen molar-refractivity contribution in [2.24, 2.45) is 5.92 Å². The normalized spacial score (nSPS) is 18.7. The number of halogens is 4. The van der Waals surface area contributed by atoms with Gasteiger partial charge in [0.05, 0.1) is 17.5 Å². The van der Waals surface area contributed by atoms with E-state index in [0.717, 1.165) is 37.1 Å². The second-order valence-corrected chi connectivity index (χ2v) is 11.5. The van der Waals surface area contributed by atoms with Gasteiger partial charge < -0.3 is 10.6 Å². The maximum absolute atomic E-state index is 13.9. The zero-order chi connectivity index (χ0) is 26.7. The van der Waals surface area contributed by atoms with Gasteiger partial charge in [0.25, 0.3) is 5.91 Å². The molecule has 1 aromatic carbocycles. The predicted molar refractivity (Wildman–Crippen MR) is 122 cm³/mol. The van der Waals surface area contributed by atoms with Gasteiger partial charge in [-0.2, -0.15) is 13.2 Å². The number of alkyl halides is 3. The van der Waals surface area contributed by atoms with Crippen LogP contribution in [0.1, 0.15) is 50.6 Å². The SMILES string of the molecule is CCC(NC(=O)[C@H](CS(=O)(=O)CC1CC1)N[C@@H](c1ccc(F)cc1)C(F)(F)F)C(=O)C(=O)NC1CC1. The molecule has 2 aliphatic carbocycles. The minimum absolute atomic E-state index is 0.0368. The van der Waals surface area contributed by atoms with Crippen LogP contribution in [0.15, 0.2) is 24.3 Å². The highest BCUT2D eigenvalue weighted by molar-refractivity contribution is 7.91. The van der Waals surface area contributed by atoms with Crippen LogP contribution in [0.3, 0.4) is 0 Å². The van der Waals surface area contributed by atoms with E-state index in [1.54, 1.807) is 0 Å². The maximum atomic E-state index is 13.9. The molecular formula is C23H29F4N3O5S. The standard InChI is InChI=1S/C23H29F4N3O5S/c1-2-17(19(31)22(33)28-16-9-10-16)30-21(32)18(12-36(34,35)11-13-3-4-13)29-20(23(25,26)27)14-5-7-15(24)8-6-14/h5-8,13,16-18,20,29H,2-4,9-12H2,1H3,(H,28,33)(H,30,32)/t17?,18-,20-/m0/s1. The van der Waals surface area contributed by atoms with Gasteiger partial charge in [0.15, 0.2) is 9.84 Å². The van der Waals surface area contributed by atoms with Crippen molar-refractivity contribution >= 4 is 27.4 Å². The molecule has 3 atom stereocenters. The molecule has 3 N–H and O–H groups in total. The van der Waals surface area contributed by atoms with Gasteiger partial charge in [-0.1, -0.05) is 19.1 Å². The molecule has 1 aromatic rings. The first-order valence-electron chi connectivity index (χ1n) is 11.7. The summed E-state index contributed by atoms with van der Waals surface area (Å²) in [6, 6.07) is -2.44. The molecule has 0 radical (unpaired) electrons. The van der Waals surface area contributed by atoms with Crippen LogP contribution in [0.2, 0.25) is 0 Å². The third kappa shape index (κ3) is 8.26. The van der Waals surface area contributed by atoms with E-state index in [0.29, 0.717) is 12.8 Å². The fourth-order valence-corrected chi connectivity index (χ4v) is 5.61. The average molecular weight is 536 g/mol. The van der Waals surface area contributed by atoms with E-state index in [9.17, 15) is 40.4 Å². The lowest BCUT2D eigenvalue weighted by Crippen LogP contribution is -2.56. The van der Waals surface area contributed by atoms with E-state index in [1.807, 2.05) is 0 Å². The molecule has 2 amide bonds. The Labute approximate surface area is 206 Å². The van der Waals surface area contributed by atoms with Gasteiger partial charge in [0.1, 0.15) is 17.9 Å². The van der Waals surface area contributed by atoms with Crippen LogP contribution in [0.4, 0.5) is 17.6 Å². The van der Waals surface area contributed by atoms with Crippen molar-refractivity contribution in [1.29, 1.82) is 0 Å². The average Bonchev–Trinajstić information content (AvgIpc) is 3.72. The molecule has 0 bridgehead atoms. The second kappa shape index (κ2) is 11.2. The number of rotatable bonds is 13. The molecule has 0 saturated heterocycles. The van der Waals surface area contributed by atoms with Crippen LogP contribution >= 0.6 is 0 Å². The van der Waals surface area contributed by atoms with Gasteiger partial charge >= 0.3 is 6.18 Å². The number of hydrogen-bond acceptors (Lipinski definition) is 6. The summed E-state index contributed by atoms with van der Waals surface area (Å²) in [5, 5.41) is 6.80. The van der Waals surface area contributed by atoms with Gasteiger partial charge in [0.2, 0.25) is 11.7 Å². The van der Waals surface area contributed by atoms with Crippen molar-refractivity contribution < 1.29 is 40.4 Å². The highest BCUT2D eigenvalue weighted by atomic mass is 32.2. The van der Waals surface area contributed by atoms with Gasteiger partial charge in [-0.3, -0.25) is 19.7 Å². The number of amides is 2. The molecule has 0 aromatic heterocycles. The van der Waals surface area contributed by atoms with E-state index in [2.05, 4.69) is 16.0 Å². The maximum Gasteiger partial charge on any atom is 0.407 e. The Bertz CT molecular complexity index is 1070. The quantitative estimate of drug-likeness (QED) is 0.262. The number of Topliss-reactive ketones (excluding diaryl/α,β-unsaturated/α-hetero) is 1. The lowest BCUT2D eigenvalue weighted by molar-refractivity contribution is -0.160.